The fraction of sp³-hybridized carbons (Fsp3) is 0.625. The summed E-state index contributed by atoms with van der Waals surface area (Å²) in [7, 11) is 0. The predicted octanol–water partition coefficient (Wildman–Crippen LogP) is 4.04. The van der Waals surface area contributed by atoms with Crippen molar-refractivity contribution in [2.75, 3.05) is 0 Å². The third-order valence-electron chi connectivity index (χ3n) is 3.33. The molecule has 0 heterocycles. The number of aliphatic hydroxyl groups excluding tert-OH is 1. The first-order valence-electron chi connectivity index (χ1n) is 6.63. The molecule has 0 aliphatic carbocycles. The van der Waals surface area contributed by atoms with Crippen LogP contribution in [0.2, 0.25) is 0 Å². The monoisotopic (exact) mass is 250 g/mol. The van der Waals surface area contributed by atoms with E-state index in [0.29, 0.717) is 0 Å². The van der Waals surface area contributed by atoms with Gasteiger partial charge >= 0.3 is 0 Å². The third kappa shape index (κ3) is 3.74. The maximum atomic E-state index is 9.50. The first-order chi connectivity index (χ1) is 8.19. The van der Waals surface area contributed by atoms with Gasteiger partial charge in [0.05, 0.1) is 6.61 Å². The molecule has 1 aromatic rings. The van der Waals surface area contributed by atoms with E-state index < -0.39 is 0 Å². The molecule has 0 atom stereocenters. The van der Waals surface area contributed by atoms with Crippen molar-refractivity contribution < 1.29 is 9.84 Å². The van der Waals surface area contributed by atoms with Gasteiger partial charge in [0.1, 0.15) is 11.4 Å². The van der Waals surface area contributed by atoms with E-state index in [1.165, 1.54) is 5.56 Å². The Balaban J connectivity index is 3.09. The maximum Gasteiger partial charge on any atom is 0.125 e. The lowest BCUT2D eigenvalue weighted by Gasteiger charge is -2.27. The minimum Gasteiger partial charge on any atom is -0.488 e. The van der Waals surface area contributed by atoms with Gasteiger partial charge in [-0.05, 0) is 43.4 Å². The molecule has 0 amide bonds. The summed E-state index contributed by atoms with van der Waals surface area (Å²) in [6.07, 6.45) is 0.929. The number of hydrogen-bond donors (Lipinski definition) is 1. The van der Waals surface area contributed by atoms with Crippen molar-refractivity contribution in [3.8, 4) is 5.75 Å². The van der Waals surface area contributed by atoms with Crippen LogP contribution in [0.5, 0.6) is 5.75 Å². The van der Waals surface area contributed by atoms with E-state index in [2.05, 4.69) is 47.6 Å². The topological polar surface area (TPSA) is 29.5 Å². The number of rotatable bonds is 4. The highest BCUT2D eigenvalue weighted by Gasteiger charge is 2.20. The van der Waals surface area contributed by atoms with Crippen molar-refractivity contribution in [2.45, 2.75) is 65.6 Å². The van der Waals surface area contributed by atoms with E-state index in [-0.39, 0.29) is 17.6 Å². The van der Waals surface area contributed by atoms with Crippen LogP contribution in [0.1, 0.15) is 59.1 Å². The molecule has 1 aromatic carbocycles. The molecule has 0 radical (unpaired) electrons. The summed E-state index contributed by atoms with van der Waals surface area (Å²) in [5.74, 6) is 0.789. The summed E-state index contributed by atoms with van der Waals surface area (Å²) in [5.41, 5.74) is 1.97. The SMILES string of the molecule is CCC(C)(C)Oc1ccc(C(C)(C)C)cc1CO. The Morgan fingerprint density at radius 3 is 2.17 bits per heavy atom. The van der Waals surface area contributed by atoms with Crippen LogP contribution >= 0.6 is 0 Å². The van der Waals surface area contributed by atoms with Gasteiger partial charge in [-0.25, -0.2) is 0 Å². The molecule has 1 N–H and O–H groups in total. The molecule has 0 aromatic heterocycles. The van der Waals surface area contributed by atoms with Crippen LogP contribution in [0.25, 0.3) is 0 Å². The standard InChI is InChI=1S/C16H26O2/c1-7-16(5,6)18-14-9-8-13(15(2,3)4)10-12(14)11-17/h8-10,17H,7,11H2,1-6H3. The lowest BCUT2D eigenvalue weighted by Crippen LogP contribution is -2.27. The molecule has 102 valence electrons. The summed E-state index contributed by atoms with van der Waals surface area (Å²) >= 11 is 0. The van der Waals surface area contributed by atoms with Crippen LogP contribution in [0.4, 0.5) is 0 Å². The molecular weight excluding hydrogens is 224 g/mol. The average molecular weight is 250 g/mol. The summed E-state index contributed by atoms with van der Waals surface area (Å²) in [6, 6.07) is 6.10. The van der Waals surface area contributed by atoms with Gasteiger partial charge in [-0.2, -0.15) is 0 Å². The highest BCUT2D eigenvalue weighted by Crippen LogP contribution is 2.30. The summed E-state index contributed by atoms with van der Waals surface area (Å²) in [5, 5.41) is 9.50. The zero-order chi connectivity index (χ0) is 14.0. The molecule has 0 spiro atoms. The second-order valence-corrected chi connectivity index (χ2v) is 6.45. The summed E-state index contributed by atoms with van der Waals surface area (Å²) in [6.45, 7) is 12.7. The first-order valence-corrected chi connectivity index (χ1v) is 6.63. The number of hydrogen-bond acceptors (Lipinski definition) is 2. The van der Waals surface area contributed by atoms with Gasteiger partial charge in [-0.3, -0.25) is 0 Å². The fourth-order valence-electron chi connectivity index (χ4n) is 1.64. The van der Waals surface area contributed by atoms with Crippen molar-refractivity contribution in [2.24, 2.45) is 0 Å². The van der Waals surface area contributed by atoms with Gasteiger partial charge in [-0.1, -0.05) is 33.8 Å². The molecular formula is C16H26O2. The van der Waals surface area contributed by atoms with Crippen LogP contribution in [0.15, 0.2) is 18.2 Å². The Bertz CT molecular complexity index is 400. The van der Waals surface area contributed by atoms with Gasteiger partial charge in [0.15, 0.2) is 0 Å². The normalized spacial score (nSPS) is 12.6. The third-order valence-corrected chi connectivity index (χ3v) is 3.33. The van der Waals surface area contributed by atoms with Gasteiger partial charge in [0.25, 0.3) is 0 Å². The molecule has 18 heavy (non-hydrogen) atoms. The number of ether oxygens (including phenoxy) is 1. The van der Waals surface area contributed by atoms with Crippen molar-refractivity contribution >= 4 is 0 Å². The molecule has 0 aliphatic heterocycles. The van der Waals surface area contributed by atoms with Crippen LogP contribution in [-0.2, 0) is 12.0 Å². The van der Waals surface area contributed by atoms with Crippen molar-refractivity contribution in [1.82, 2.24) is 0 Å². The van der Waals surface area contributed by atoms with Crippen LogP contribution < -0.4 is 4.74 Å². The largest absolute Gasteiger partial charge is 0.488 e. The number of aliphatic hydroxyl groups is 1. The van der Waals surface area contributed by atoms with Gasteiger partial charge in [0, 0.05) is 5.56 Å². The summed E-state index contributed by atoms with van der Waals surface area (Å²) < 4.78 is 5.98. The Morgan fingerprint density at radius 2 is 1.72 bits per heavy atom. The smallest absolute Gasteiger partial charge is 0.125 e. The average Bonchev–Trinajstić information content (AvgIpc) is 2.27. The number of benzene rings is 1. The maximum absolute atomic E-state index is 9.50. The molecule has 0 aliphatic rings. The van der Waals surface area contributed by atoms with Crippen molar-refractivity contribution in [1.29, 1.82) is 0 Å². The molecule has 0 fully saturated rings. The lowest BCUT2D eigenvalue weighted by atomic mass is 9.86. The predicted molar refractivity (Wildman–Crippen MR) is 76.1 cm³/mol. The van der Waals surface area contributed by atoms with E-state index >= 15 is 0 Å². The molecule has 0 saturated carbocycles. The van der Waals surface area contributed by atoms with Crippen LogP contribution in [-0.4, -0.2) is 10.7 Å². The molecule has 1 rings (SSSR count). The van der Waals surface area contributed by atoms with Gasteiger partial charge in [0.2, 0.25) is 0 Å². The zero-order valence-corrected chi connectivity index (χ0v) is 12.5. The Hall–Kier alpha value is -1.02. The van der Waals surface area contributed by atoms with E-state index in [4.69, 9.17) is 4.74 Å². The first kappa shape index (κ1) is 15.0. The van der Waals surface area contributed by atoms with Crippen LogP contribution in [0, 0.1) is 0 Å². The summed E-state index contributed by atoms with van der Waals surface area (Å²) in [4.78, 5) is 0. The van der Waals surface area contributed by atoms with E-state index in [1.807, 2.05) is 12.1 Å². The second kappa shape index (κ2) is 5.31. The highest BCUT2D eigenvalue weighted by molar-refractivity contribution is 5.39. The molecule has 0 saturated heterocycles. The highest BCUT2D eigenvalue weighted by atomic mass is 16.5. The minimum atomic E-state index is -0.201. The molecule has 2 heteroatoms. The van der Waals surface area contributed by atoms with Gasteiger partial charge < -0.3 is 9.84 Å². The van der Waals surface area contributed by atoms with E-state index in [9.17, 15) is 5.11 Å². The zero-order valence-electron chi connectivity index (χ0n) is 12.5. The minimum absolute atomic E-state index is 0.0129. The Kier molecular flexibility index (Phi) is 4.44. The lowest BCUT2D eigenvalue weighted by molar-refractivity contribution is 0.101. The van der Waals surface area contributed by atoms with E-state index in [1.54, 1.807) is 0 Å². The van der Waals surface area contributed by atoms with E-state index in [0.717, 1.165) is 17.7 Å². The molecule has 0 unspecified atom stereocenters. The van der Waals surface area contributed by atoms with Gasteiger partial charge in [-0.15, -0.1) is 0 Å². The van der Waals surface area contributed by atoms with Crippen molar-refractivity contribution in [3.63, 3.8) is 0 Å². The second-order valence-electron chi connectivity index (χ2n) is 6.45. The quantitative estimate of drug-likeness (QED) is 0.873. The molecule has 2 nitrogen and oxygen atoms in total. The molecule has 0 bridgehead atoms. The fourth-order valence-corrected chi connectivity index (χ4v) is 1.64. The Morgan fingerprint density at radius 1 is 1.11 bits per heavy atom. The van der Waals surface area contributed by atoms with Crippen molar-refractivity contribution in [3.05, 3.63) is 29.3 Å². The van der Waals surface area contributed by atoms with Crippen LogP contribution in [0.3, 0.4) is 0 Å². The Labute approximate surface area is 111 Å².